The number of nitrogens with one attached hydrogen (secondary N) is 1. The summed E-state index contributed by atoms with van der Waals surface area (Å²) < 4.78 is 0. The van der Waals surface area contributed by atoms with Crippen LogP contribution in [-0.2, 0) is 6.42 Å². The van der Waals surface area contributed by atoms with Crippen molar-refractivity contribution in [2.45, 2.75) is 52.5 Å². The summed E-state index contributed by atoms with van der Waals surface area (Å²) in [5.41, 5.74) is 3.66. The van der Waals surface area contributed by atoms with Crippen LogP contribution in [-0.4, -0.2) is 12.1 Å². The summed E-state index contributed by atoms with van der Waals surface area (Å²) in [5.74, 6) is 0. The van der Waals surface area contributed by atoms with Gasteiger partial charge in [0.2, 0.25) is 0 Å². The van der Waals surface area contributed by atoms with Gasteiger partial charge in [0.05, 0.1) is 0 Å². The number of benzene rings is 1. The second-order valence-electron chi connectivity index (χ2n) is 6.77. The van der Waals surface area contributed by atoms with Crippen LogP contribution >= 0.6 is 0 Å². The van der Waals surface area contributed by atoms with Crippen molar-refractivity contribution in [3.8, 4) is 0 Å². The monoisotopic (exact) mass is 231 g/mol. The molecule has 1 N–H and O–H groups in total. The van der Waals surface area contributed by atoms with Crippen molar-refractivity contribution in [3.05, 3.63) is 35.4 Å². The Balaban J connectivity index is 1.94. The van der Waals surface area contributed by atoms with Crippen molar-refractivity contribution in [1.29, 1.82) is 0 Å². The van der Waals surface area contributed by atoms with Gasteiger partial charge in [0.1, 0.15) is 0 Å². The first kappa shape index (κ1) is 12.6. The predicted octanol–water partition coefficient (Wildman–Crippen LogP) is 3.71. The molecule has 0 bridgehead atoms. The van der Waals surface area contributed by atoms with Gasteiger partial charge >= 0.3 is 0 Å². The highest BCUT2D eigenvalue weighted by atomic mass is 15.0. The Morgan fingerprint density at radius 3 is 2.47 bits per heavy atom. The fraction of sp³-hybridized carbons (Fsp3) is 0.625. The van der Waals surface area contributed by atoms with Gasteiger partial charge in [0.15, 0.2) is 0 Å². The quantitative estimate of drug-likeness (QED) is 0.833. The van der Waals surface area contributed by atoms with Crippen molar-refractivity contribution in [2.24, 2.45) is 5.41 Å². The third-order valence-electron chi connectivity index (χ3n) is 3.61. The molecule has 1 aliphatic rings. The van der Waals surface area contributed by atoms with Gasteiger partial charge in [-0.05, 0) is 57.9 Å². The van der Waals surface area contributed by atoms with Crippen molar-refractivity contribution in [2.75, 3.05) is 6.54 Å². The fourth-order valence-corrected chi connectivity index (χ4v) is 2.30. The lowest BCUT2D eigenvalue weighted by molar-refractivity contribution is 0.356. The molecular formula is C16H25N. The zero-order valence-corrected chi connectivity index (χ0v) is 11.6. The lowest BCUT2D eigenvalue weighted by Crippen LogP contribution is -2.40. The molecule has 0 aromatic heterocycles. The molecule has 1 aromatic rings. The molecule has 1 fully saturated rings. The van der Waals surface area contributed by atoms with E-state index in [0.717, 1.165) is 6.54 Å². The first-order valence-corrected chi connectivity index (χ1v) is 6.69. The first-order valence-electron chi connectivity index (χ1n) is 6.69. The Kier molecular flexibility index (Phi) is 3.31. The Labute approximate surface area is 106 Å². The average Bonchev–Trinajstić information content (AvgIpc) is 2.95. The van der Waals surface area contributed by atoms with Crippen LogP contribution in [0.25, 0.3) is 0 Å². The van der Waals surface area contributed by atoms with Gasteiger partial charge in [-0.3, -0.25) is 0 Å². The van der Waals surface area contributed by atoms with Gasteiger partial charge in [-0.15, -0.1) is 0 Å². The van der Waals surface area contributed by atoms with Crippen LogP contribution in [0, 0.1) is 12.3 Å². The van der Waals surface area contributed by atoms with Crippen LogP contribution < -0.4 is 5.32 Å². The number of hydrogen-bond acceptors (Lipinski definition) is 1. The SMILES string of the molecule is Cc1cccc(CC2(CNC(C)(C)C)CC2)c1. The maximum atomic E-state index is 3.66. The van der Waals surface area contributed by atoms with E-state index >= 15 is 0 Å². The molecule has 0 atom stereocenters. The third-order valence-corrected chi connectivity index (χ3v) is 3.61. The average molecular weight is 231 g/mol. The van der Waals surface area contributed by atoms with Gasteiger partial charge in [0, 0.05) is 12.1 Å². The lowest BCUT2D eigenvalue weighted by atomic mass is 9.94. The number of hydrogen-bond donors (Lipinski definition) is 1. The molecule has 0 amide bonds. The van der Waals surface area contributed by atoms with E-state index in [-0.39, 0.29) is 5.54 Å². The highest BCUT2D eigenvalue weighted by molar-refractivity contribution is 5.24. The largest absolute Gasteiger partial charge is 0.312 e. The second kappa shape index (κ2) is 4.45. The molecule has 0 unspecified atom stereocenters. The van der Waals surface area contributed by atoms with E-state index in [2.05, 4.69) is 57.3 Å². The van der Waals surface area contributed by atoms with Gasteiger partial charge in [-0.1, -0.05) is 29.8 Å². The van der Waals surface area contributed by atoms with Gasteiger partial charge in [-0.2, -0.15) is 0 Å². The zero-order chi connectivity index (χ0) is 12.5. The topological polar surface area (TPSA) is 12.0 Å². The van der Waals surface area contributed by atoms with Crippen LogP contribution in [0.1, 0.15) is 44.7 Å². The van der Waals surface area contributed by atoms with Gasteiger partial charge < -0.3 is 5.32 Å². The normalized spacial score (nSPS) is 18.1. The molecule has 94 valence electrons. The summed E-state index contributed by atoms with van der Waals surface area (Å²) in [6.45, 7) is 10.1. The Morgan fingerprint density at radius 1 is 1.24 bits per heavy atom. The maximum absolute atomic E-state index is 3.66. The van der Waals surface area contributed by atoms with E-state index in [9.17, 15) is 0 Å². The number of rotatable bonds is 4. The molecule has 0 radical (unpaired) electrons. The summed E-state index contributed by atoms with van der Waals surface area (Å²) in [6, 6.07) is 8.95. The predicted molar refractivity (Wildman–Crippen MR) is 74.3 cm³/mol. The lowest BCUT2D eigenvalue weighted by Gasteiger charge is -2.25. The molecule has 1 aliphatic carbocycles. The standard InChI is InChI=1S/C16H25N/c1-13-6-5-7-14(10-13)11-16(8-9-16)12-17-15(2,3)4/h5-7,10,17H,8-9,11-12H2,1-4H3. The molecule has 1 saturated carbocycles. The molecule has 0 saturated heterocycles. The summed E-state index contributed by atoms with van der Waals surface area (Å²) in [5, 5.41) is 3.66. The van der Waals surface area contributed by atoms with E-state index in [1.54, 1.807) is 0 Å². The van der Waals surface area contributed by atoms with Crippen LogP contribution in [0.3, 0.4) is 0 Å². The summed E-state index contributed by atoms with van der Waals surface area (Å²) in [6.07, 6.45) is 3.99. The number of aryl methyl sites for hydroxylation is 1. The Morgan fingerprint density at radius 2 is 1.94 bits per heavy atom. The van der Waals surface area contributed by atoms with E-state index in [1.807, 2.05) is 0 Å². The van der Waals surface area contributed by atoms with Crippen molar-refractivity contribution < 1.29 is 0 Å². The van der Waals surface area contributed by atoms with Crippen LogP contribution in [0.2, 0.25) is 0 Å². The van der Waals surface area contributed by atoms with Crippen molar-refractivity contribution in [1.82, 2.24) is 5.32 Å². The van der Waals surface area contributed by atoms with Crippen molar-refractivity contribution in [3.63, 3.8) is 0 Å². The third kappa shape index (κ3) is 3.85. The molecule has 0 aliphatic heterocycles. The summed E-state index contributed by atoms with van der Waals surface area (Å²) in [7, 11) is 0. The molecule has 1 heteroatoms. The smallest absolute Gasteiger partial charge is 0.00967 e. The minimum atomic E-state index is 0.238. The van der Waals surface area contributed by atoms with Crippen LogP contribution in [0.15, 0.2) is 24.3 Å². The van der Waals surface area contributed by atoms with E-state index in [4.69, 9.17) is 0 Å². The van der Waals surface area contributed by atoms with E-state index in [0.29, 0.717) is 5.41 Å². The van der Waals surface area contributed by atoms with Crippen LogP contribution in [0.5, 0.6) is 0 Å². The van der Waals surface area contributed by atoms with Gasteiger partial charge in [0.25, 0.3) is 0 Å². The molecule has 17 heavy (non-hydrogen) atoms. The maximum Gasteiger partial charge on any atom is 0.00967 e. The Hall–Kier alpha value is -0.820. The highest BCUT2D eigenvalue weighted by Gasteiger charge is 2.42. The van der Waals surface area contributed by atoms with Crippen LogP contribution in [0.4, 0.5) is 0 Å². The molecule has 2 rings (SSSR count). The minimum Gasteiger partial charge on any atom is -0.312 e. The van der Waals surface area contributed by atoms with Crippen molar-refractivity contribution >= 4 is 0 Å². The van der Waals surface area contributed by atoms with E-state index < -0.39 is 0 Å². The summed E-state index contributed by atoms with van der Waals surface area (Å²) in [4.78, 5) is 0. The highest BCUT2D eigenvalue weighted by Crippen LogP contribution is 2.48. The zero-order valence-electron chi connectivity index (χ0n) is 11.6. The molecule has 1 nitrogen and oxygen atoms in total. The molecule has 1 aromatic carbocycles. The fourth-order valence-electron chi connectivity index (χ4n) is 2.30. The van der Waals surface area contributed by atoms with Gasteiger partial charge in [-0.25, -0.2) is 0 Å². The molecular weight excluding hydrogens is 206 g/mol. The van der Waals surface area contributed by atoms with E-state index in [1.165, 1.54) is 30.4 Å². The molecule has 0 heterocycles. The first-order chi connectivity index (χ1) is 7.89. The Bertz CT molecular complexity index is 383. The second-order valence-corrected chi connectivity index (χ2v) is 6.77. The summed E-state index contributed by atoms with van der Waals surface area (Å²) >= 11 is 0. The minimum absolute atomic E-state index is 0.238. The molecule has 0 spiro atoms.